The maximum absolute atomic E-state index is 12.3. The maximum atomic E-state index is 12.3. The highest BCUT2D eigenvalue weighted by Crippen LogP contribution is 2.20. The van der Waals surface area contributed by atoms with Crippen molar-refractivity contribution in [3.63, 3.8) is 0 Å². The second kappa shape index (κ2) is 7.51. The van der Waals surface area contributed by atoms with Crippen LogP contribution < -0.4 is 5.32 Å². The van der Waals surface area contributed by atoms with E-state index >= 15 is 0 Å². The number of anilines is 1. The Balaban J connectivity index is 1.48. The van der Waals surface area contributed by atoms with E-state index in [2.05, 4.69) is 10.3 Å². The third kappa shape index (κ3) is 3.96. The van der Waals surface area contributed by atoms with E-state index in [4.69, 9.17) is 11.6 Å². The summed E-state index contributed by atoms with van der Waals surface area (Å²) >= 11 is 6.04. The van der Waals surface area contributed by atoms with Crippen molar-refractivity contribution in [1.82, 2.24) is 14.8 Å². The van der Waals surface area contributed by atoms with E-state index in [1.54, 1.807) is 30.6 Å². The number of H-pyrrole nitrogens is 1. The summed E-state index contributed by atoms with van der Waals surface area (Å²) in [7, 11) is 0. The number of para-hydroxylation sites is 1. The van der Waals surface area contributed by atoms with Gasteiger partial charge in [0.05, 0.1) is 22.8 Å². The second-order valence-electron chi connectivity index (χ2n) is 5.70. The molecule has 2 N–H and O–H groups in total. The van der Waals surface area contributed by atoms with Gasteiger partial charge in [0.25, 0.3) is 5.91 Å². The maximum Gasteiger partial charge on any atom is 0.255 e. The molecule has 0 spiro atoms. The molecule has 6 nitrogen and oxygen atoms in total. The van der Waals surface area contributed by atoms with E-state index in [9.17, 15) is 9.59 Å². The van der Waals surface area contributed by atoms with E-state index < -0.39 is 0 Å². The van der Waals surface area contributed by atoms with Crippen LogP contribution in [0.1, 0.15) is 10.4 Å². The van der Waals surface area contributed by atoms with Crippen LogP contribution in [-0.4, -0.2) is 59.3 Å². The highest BCUT2D eigenvalue weighted by Gasteiger charge is 2.23. The van der Waals surface area contributed by atoms with Crippen LogP contribution in [0.3, 0.4) is 0 Å². The van der Waals surface area contributed by atoms with Crippen LogP contribution >= 0.6 is 11.6 Å². The zero-order chi connectivity index (χ0) is 16.9. The number of halogens is 1. The van der Waals surface area contributed by atoms with Crippen LogP contribution in [0.25, 0.3) is 0 Å². The quantitative estimate of drug-likeness (QED) is 0.890. The van der Waals surface area contributed by atoms with Crippen molar-refractivity contribution in [2.24, 2.45) is 0 Å². The minimum atomic E-state index is -0.103. The summed E-state index contributed by atoms with van der Waals surface area (Å²) < 4.78 is 0. The fourth-order valence-corrected chi connectivity index (χ4v) is 2.89. The van der Waals surface area contributed by atoms with Gasteiger partial charge in [-0.05, 0) is 18.2 Å². The van der Waals surface area contributed by atoms with E-state index in [-0.39, 0.29) is 18.4 Å². The second-order valence-corrected chi connectivity index (χ2v) is 6.10. The zero-order valence-corrected chi connectivity index (χ0v) is 13.9. The molecule has 3 rings (SSSR count). The number of carbonyl (C=O) groups excluding carboxylic acids is 2. The molecule has 1 aromatic carbocycles. The van der Waals surface area contributed by atoms with Crippen molar-refractivity contribution in [3.8, 4) is 0 Å². The van der Waals surface area contributed by atoms with E-state index in [0.29, 0.717) is 42.5 Å². The van der Waals surface area contributed by atoms with Gasteiger partial charge in [-0.1, -0.05) is 23.7 Å². The van der Waals surface area contributed by atoms with Gasteiger partial charge < -0.3 is 15.2 Å². The normalized spacial score (nSPS) is 15.3. The first-order chi connectivity index (χ1) is 11.6. The van der Waals surface area contributed by atoms with E-state index in [1.165, 1.54) is 0 Å². The van der Waals surface area contributed by atoms with Gasteiger partial charge in [-0.25, -0.2) is 0 Å². The Morgan fingerprint density at radius 1 is 1.12 bits per heavy atom. The Morgan fingerprint density at radius 2 is 1.88 bits per heavy atom. The molecule has 0 atom stereocenters. The Hall–Kier alpha value is -2.31. The summed E-state index contributed by atoms with van der Waals surface area (Å²) in [5.41, 5.74) is 1.28. The molecule has 1 saturated heterocycles. The third-order valence-corrected chi connectivity index (χ3v) is 4.35. The number of hydrogen-bond acceptors (Lipinski definition) is 3. The summed E-state index contributed by atoms with van der Waals surface area (Å²) in [5.74, 6) is -0.0788. The lowest BCUT2D eigenvalue weighted by molar-refractivity contribution is -0.117. The fraction of sp³-hybridized carbons (Fsp3) is 0.294. The largest absolute Gasteiger partial charge is 0.367 e. The molecule has 0 saturated carbocycles. The number of piperazine rings is 1. The SMILES string of the molecule is O=C(CN1CCN(C(=O)c2cc[nH]c2)CC1)Nc1ccccc1Cl. The number of carbonyl (C=O) groups is 2. The number of aromatic nitrogens is 1. The van der Waals surface area contributed by atoms with E-state index in [0.717, 1.165) is 0 Å². The van der Waals surface area contributed by atoms with Crippen LogP contribution in [0, 0.1) is 0 Å². The molecular weight excluding hydrogens is 328 g/mol. The molecule has 0 unspecified atom stereocenters. The fourth-order valence-electron chi connectivity index (χ4n) is 2.70. The predicted octanol–water partition coefficient (Wildman–Crippen LogP) is 2.06. The lowest BCUT2D eigenvalue weighted by atomic mass is 10.2. The Kier molecular flexibility index (Phi) is 5.17. The van der Waals surface area contributed by atoms with Crippen molar-refractivity contribution in [2.75, 3.05) is 38.0 Å². The van der Waals surface area contributed by atoms with Gasteiger partial charge in [0.15, 0.2) is 0 Å². The lowest BCUT2D eigenvalue weighted by Crippen LogP contribution is -2.50. The van der Waals surface area contributed by atoms with Gasteiger partial charge in [0.1, 0.15) is 0 Å². The van der Waals surface area contributed by atoms with Crippen molar-refractivity contribution >= 4 is 29.1 Å². The van der Waals surface area contributed by atoms with E-state index in [1.807, 2.05) is 21.9 Å². The molecule has 0 radical (unpaired) electrons. The molecule has 2 aromatic rings. The minimum absolute atomic E-state index is 0.0245. The van der Waals surface area contributed by atoms with Crippen LogP contribution in [0.4, 0.5) is 5.69 Å². The van der Waals surface area contributed by atoms with Crippen LogP contribution in [0.2, 0.25) is 5.02 Å². The van der Waals surface area contributed by atoms with Gasteiger partial charge in [-0.2, -0.15) is 0 Å². The standard InChI is InChI=1S/C17H19ClN4O2/c18-14-3-1-2-4-15(14)20-16(23)12-21-7-9-22(10-8-21)17(24)13-5-6-19-11-13/h1-6,11,19H,7-10,12H2,(H,20,23). The molecule has 0 bridgehead atoms. The van der Waals surface area contributed by atoms with Gasteiger partial charge in [-0.3, -0.25) is 14.5 Å². The molecule has 1 aliphatic heterocycles. The summed E-state index contributed by atoms with van der Waals surface area (Å²) in [6, 6.07) is 8.92. The summed E-state index contributed by atoms with van der Waals surface area (Å²) in [4.78, 5) is 31.1. The number of nitrogens with zero attached hydrogens (tertiary/aromatic N) is 2. The molecule has 1 aliphatic rings. The molecule has 126 valence electrons. The van der Waals surface area contributed by atoms with Crippen LogP contribution in [0.5, 0.6) is 0 Å². The highest BCUT2D eigenvalue weighted by molar-refractivity contribution is 6.33. The third-order valence-electron chi connectivity index (χ3n) is 4.02. The van der Waals surface area contributed by atoms with Gasteiger partial charge in [-0.15, -0.1) is 0 Å². The number of nitrogens with one attached hydrogen (secondary N) is 2. The molecule has 7 heteroatoms. The van der Waals surface area contributed by atoms with Gasteiger partial charge >= 0.3 is 0 Å². The smallest absolute Gasteiger partial charge is 0.255 e. The molecule has 24 heavy (non-hydrogen) atoms. The molecular formula is C17H19ClN4O2. The molecule has 2 amide bonds. The molecule has 1 aromatic heterocycles. The van der Waals surface area contributed by atoms with Crippen molar-refractivity contribution in [1.29, 1.82) is 0 Å². The number of hydrogen-bond donors (Lipinski definition) is 2. The lowest BCUT2D eigenvalue weighted by Gasteiger charge is -2.34. The first-order valence-electron chi connectivity index (χ1n) is 7.82. The number of benzene rings is 1. The van der Waals surface area contributed by atoms with Crippen LogP contribution in [0.15, 0.2) is 42.7 Å². The number of aromatic amines is 1. The van der Waals surface area contributed by atoms with Crippen LogP contribution in [-0.2, 0) is 4.79 Å². The molecule has 1 fully saturated rings. The van der Waals surface area contributed by atoms with Crippen molar-refractivity contribution < 1.29 is 9.59 Å². The average Bonchev–Trinajstić information content (AvgIpc) is 3.11. The zero-order valence-electron chi connectivity index (χ0n) is 13.2. The summed E-state index contributed by atoms with van der Waals surface area (Å²) in [6.07, 6.45) is 3.44. The Labute approximate surface area is 145 Å². The monoisotopic (exact) mass is 346 g/mol. The highest BCUT2D eigenvalue weighted by atomic mass is 35.5. The Morgan fingerprint density at radius 3 is 2.54 bits per heavy atom. The summed E-state index contributed by atoms with van der Waals surface area (Å²) in [6.45, 7) is 2.86. The van der Waals surface area contributed by atoms with Crippen molar-refractivity contribution in [2.45, 2.75) is 0 Å². The molecule has 0 aliphatic carbocycles. The predicted molar refractivity (Wildman–Crippen MR) is 93.2 cm³/mol. The van der Waals surface area contributed by atoms with Crippen molar-refractivity contribution in [3.05, 3.63) is 53.3 Å². The van der Waals surface area contributed by atoms with Gasteiger partial charge in [0, 0.05) is 38.6 Å². The Bertz CT molecular complexity index is 709. The number of rotatable bonds is 4. The minimum Gasteiger partial charge on any atom is -0.367 e. The first kappa shape index (κ1) is 16.5. The molecule has 2 heterocycles. The number of amides is 2. The van der Waals surface area contributed by atoms with Gasteiger partial charge in [0.2, 0.25) is 5.91 Å². The average molecular weight is 347 g/mol. The topological polar surface area (TPSA) is 68.4 Å². The first-order valence-corrected chi connectivity index (χ1v) is 8.20. The summed E-state index contributed by atoms with van der Waals surface area (Å²) in [5, 5.41) is 3.34.